The number of pyridine rings is 1. The second kappa shape index (κ2) is 7.95. The molecule has 1 aromatic carbocycles. The molecule has 2 aromatic rings. The minimum Gasteiger partial charge on any atom is -0.496 e. The molecule has 1 aliphatic rings. The SMILES string of the molecule is COc1cccc(C2CCCCC2)c1CNC(=O)c1ccccn1. The number of benzene rings is 1. The zero-order chi connectivity index (χ0) is 16.8. The Morgan fingerprint density at radius 1 is 1.17 bits per heavy atom. The van der Waals surface area contributed by atoms with Crippen molar-refractivity contribution in [3.8, 4) is 5.75 Å². The summed E-state index contributed by atoms with van der Waals surface area (Å²) in [6, 6.07) is 11.5. The van der Waals surface area contributed by atoms with Crippen molar-refractivity contribution in [1.82, 2.24) is 10.3 Å². The van der Waals surface area contributed by atoms with Crippen molar-refractivity contribution < 1.29 is 9.53 Å². The summed E-state index contributed by atoms with van der Waals surface area (Å²) in [6.45, 7) is 0.464. The van der Waals surface area contributed by atoms with E-state index in [1.807, 2.05) is 18.2 Å². The summed E-state index contributed by atoms with van der Waals surface area (Å²) in [6.07, 6.45) is 7.95. The van der Waals surface area contributed by atoms with Gasteiger partial charge in [0.05, 0.1) is 7.11 Å². The van der Waals surface area contributed by atoms with Gasteiger partial charge in [-0.15, -0.1) is 0 Å². The van der Waals surface area contributed by atoms with Crippen LogP contribution in [0.15, 0.2) is 42.6 Å². The van der Waals surface area contributed by atoms with Crippen LogP contribution >= 0.6 is 0 Å². The highest BCUT2D eigenvalue weighted by molar-refractivity contribution is 5.92. The van der Waals surface area contributed by atoms with Crippen molar-refractivity contribution in [3.05, 3.63) is 59.4 Å². The number of ether oxygens (including phenoxy) is 1. The van der Waals surface area contributed by atoms with Gasteiger partial charge >= 0.3 is 0 Å². The average Bonchev–Trinajstić information content (AvgIpc) is 2.67. The Bertz CT molecular complexity index is 679. The topological polar surface area (TPSA) is 51.2 Å². The molecule has 1 N–H and O–H groups in total. The summed E-state index contributed by atoms with van der Waals surface area (Å²) in [7, 11) is 1.68. The van der Waals surface area contributed by atoms with Crippen molar-refractivity contribution in [2.45, 2.75) is 44.6 Å². The highest BCUT2D eigenvalue weighted by Gasteiger charge is 2.21. The Kier molecular flexibility index (Phi) is 5.47. The van der Waals surface area contributed by atoms with Crippen LogP contribution in [-0.4, -0.2) is 18.0 Å². The fourth-order valence-corrected chi connectivity index (χ4v) is 3.52. The number of amides is 1. The Hall–Kier alpha value is -2.36. The van der Waals surface area contributed by atoms with Gasteiger partial charge in [-0.25, -0.2) is 0 Å². The predicted molar refractivity (Wildman–Crippen MR) is 94.2 cm³/mol. The molecule has 1 amide bonds. The van der Waals surface area contributed by atoms with E-state index >= 15 is 0 Å². The quantitative estimate of drug-likeness (QED) is 0.902. The maximum absolute atomic E-state index is 12.3. The van der Waals surface area contributed by atoms with Crippen molar-refractivity contribution in [3.63, 3.8) is 0 Å². The third-order valence-corrected chi connectivity index (χ3v) is 4.76. The van der Waals surface area contributed by atoms with Crippen LogP contribution in [0.1, 0.15) is 59.6 Å². The molecular weight excluding hydrogens is 300 g/mol. The van der Waals surface area contributed by atoms with Gasteiger partial charge in [0, 0.05) is 18.3 Å². The summed E-state index contributed by atoms with van der Waals surface area (Å²) in [5.41, 5.74) is 2.85. The number of carbonyl (C=O) groups excluding carboxylic acids is 1. The van der Waals surface area contributed by atoms with Gasteiger partial charge in [0.25, 0.3) is 5.91 Å². The summed E-state index contributed by atoms with van der Waals surface area (Å²) >= 11 is 0. The minimum atomic E-state index is -0.156. The van der Waals surface area contributed by atoms with Crippen LogP contribution in [-0.2, 0) is 6.54 Å². The minimum absolute atomic E-state index is 0.156. The summed E-state index contributed by atoms with van der Waals surface area (Å²) in [4.78, 5) is 16.4. The molecule has 0 saturated heterocycles. The van der Waals surface area contributed by atoms with E-state index in [9.17, 15) is 4.79 Å². The van der Waals surface area contributed by atoms with Crippen molar-refractivity contribution >= 4 is 5.91 Å². The third-order valence-electron chi connectivity index (χ3n) is 4.76. The van der Waals surface area contributed by atoms with Crippen LogP contribution in [0, 0.1) is 0 Å². The van der Waals surface area contributed by atoms with E-state index in [2.05, 4.69) is 16.4 Å². The maximum atomic E-state index is 12.3. The van der Waals surface area contributed by atoms with Gasteiger partial charge in [0.2, 0.25) is 0 Å². The Morgan fingerprint density at radius 3 is 2.71 bits per heavy atom. The van der Waals surface area contributed by atoms with E-state index in [-0.39, 0.29) is 5.91 Å². The van der Waals surface area contributed by atoms with Gasteiger partial charge < -0.3 is 10.1 Å². The molecule has 0 radical (unpaired) electrons. The van der Waals surface area contributed by atoms with Gasteiger partial charge in [0.1, 0.15) is 11.4 Å². The molecular formula is C20H24N2O2. The smallest absolute Gasteiger partial charge is 0.270 e. The van der Waals surface area contributed by atoms with Crippen LogP contribution in [0.2, 0.25) is 0 Å². The number of rotatable bonds is 5. The van der Waals surface area contributed by atoms with Crippen LogP contribution in [0.25, 0.3) is 0 Å². The first-order valence-corrected chi connectivity index (χ1v) is 8.64. The van der Waals surface area contributed by atoms with Crippen LogP contribution in [0.5, 0.6) is 5.75 Å². The molecule has 1 heterocycles. The van der Waals surface area contributed by atoms with Gasteiger partial charge in [0.15, 0.2) is 0 Å². The highest BCUT2D eigenvalue weighted by Crippen LogP contribution is 2.37. The molecule has 4 nitrogen and oxygen atoms in total. The average molecular weight is 324 g/mol. The molecule has 0 aliphatic heterocycles. The maximum Gasteiger partial charge on any atom is 0.270 e. The third kappa shape index (κ3) is 3.75. The van der Waals surface area contributed by atoms with Crippen LogP contribution in [0.4, 0.5) is 0 Å². The van der Waals surface area contributed by atoms with E-state index in [0.29, 0.717) is 18.2 Å². The molecule has 126 valence electrons. The Morgan fingerprint density at radius 2 is 2.00 bits per heavy atom. The highest BCUT2D eigenvalue weighted by atomic mass is 16.5. The predicted octanol–water partition coefficient (Wildman–Crippen LogP) is 4.07. The van der Waals surface area contributed by atoms with Crippen molar-refractivity contribution in [2.24, 2.45) is 0 Å². The molecule has 1 fully saturated rings. The van der Waals surface area contributed by atoms with Gasteiger partial charge in [-0.05, 0) is 42.5 Å². The molecule has 0 atom stereocenters. The first-order chi connectivity index (χ1) is 11.8. The lowest BCUT2D eigenvalue weighted by Crippen LogP contribution is -2.25. The molecule has 24 heavy (non-hydrogen) atoms. The first-order valence-electron chi connectivity index (χ1n) is 8.64. The van der Waals surface area contributed by atoms with Crippen molar-refractivity contribution in [2.75, 3.05) is 7.11 Å². The number of carbonyl (C=O) groups is 1. The number of hydrogen-bond acceptors (Lipinski definition) is 3. The summed E-state index contributed by atoms with van der Waals surface area (Å²) in [5.74, 6) is 1.26. The molecule has 1 saturated carbocycles. The summed E-state index contributed by atoms with van der Waals surface area (Å²) in [5, 5.41) is 2.99. The molecule has 3 rings (SSSR count). The second-order valence-corrected chi connectivity index (χ2v) is 6.26. The van der Waals surface area contributed by atoms with E-state index in [4.69, 9.17) is 4.74 Å². The zero-order valence-electron chi connectivity index (χ0n) is 14.1. The Balaban J connectivity index is 1.79. The van der Waals surface area contributed by atoms with E-state index in [1.165, 1.54) is 37.7 Å². The van der Waals surface area contributed by atoms with Gasteiger partial charge in [-0.1, -0.05) is 37.5 Å². The van der Waals surface area contributed by atoms with Crippen LogP contribution in [0.3, 0.4) is 0 Å². The second-order valence-electron chi connectivity index (χ2n) is 6.26. The number of nitrogens with one attached hydrogen (secondary N) is 1. The fourth-order valence-electron chi connectivity index (χ4n) is 3.52. The molecule has 1 aliphatic carbocycles. The largest absolute Gasteiger partial charge is 0.496 e. The number of nitrogens with zero attached hydrogens (tertiary/aromatic N) is 1. The molecule has 0 spiro atoms. The van der Waals surface area contributed by atoms with E-state index in [1.54, 1.807) is 25.4 Å². The number of hydrogen-bond donors (Lipinski definition) is 1. The standard InChI is InChI=1S/C20H24N2O2/c1-24-19-12-7-10-16(15-8-3-2-4-9-15)17(19)14-22-20(23)18-11-5-6-13-21-18/h5-7,10-13,15H,2-4,8-9,14H2,1H3,(H,22,23). The van der Waals surface area contributed by atoms with Gasteiger partial charge in [-0.2, -0.15) is 0 Å². The first kappa shape index (κ1) is 16.5. The van der Waals surface area contributed by atoms with Crippen LogP contribution < -0.4 is 10.1 Å². The van der Waals surface area contributed by atoms with E-state index in [0.717, 1.165) is 11.3 Å². The monoisotopic (exact) mass is 324 g/mol. The molecule has 0 bridgehead atoms. The summed E-state index contributed by atoms with van der Waals surface area (Å²) < 4.78 is 5.55. The fraction of sp³-hybridized carbons (Fsp3) is 0.400. The Labute approximate surface area is 143 Å². The zero-order valence-corrected chi connectivity index (χ0v) is 14.1. The van der Waals surface area contributed by atoms with Gasteiger partial charge in [-0.3, -0.25) is 9.78 Å². The lowest BCUT2D eigenvalue weighted by molar-refractivity contribution is 0.0945. The van der Waals surface area contributed by atoms with E-state index < -0.39 is 0 Å². The van der Waals surface area contributed by atoms with Crippen molar-refractivity contribution in [1.29, 1.82) is 0 Å². The molecule has 1 aromatic heterocycles. The number of aromatic nitrogens is 1. The lowest BCUT2D eigenvalue weighted by atomic mass is 9.82. The lowest BCUT2D eigenvalue weighted by Gasteiger charge is -2.25. The molecule has 0 unspecified atom stereocenters. The normalized spacial score (nSPS) is 15.0. The number of methoxy groups -OCH3 is 1. The molecule has 4 heteroatoms.